The van der Waals surface area contributed by atoms with E-state index in [1.54, 1.807) is 41.3 Å². The Labute approximate surface area is 208 Å². The topological polar surface area (TPSA) is 60.9 Å². The second-order valence-corrected chi connectivity index (χ2v) is 10.8. The summed E-state index contributed by atoms with van der Waals surface area (Å²) >= 11 is 0. The first-order valence-corrected chi connectivity index (χ1v) is 13.5. The standard InChI is InChI=1S/C28H33N3O3S/c1-5-29(6-2)25-15-13-23(14-16-25)27-30(28(32)24-11-7-21(3)8-12-24)19-20-31(27)35(33,34)26-17-9-22(4)10-18-26/h7-18,27H,5-6,19-20H2,1-4H3. The van der Waals surface area contributed by atoms with Gasteiger partial charge >= 0.3 is 0 Å². The van der Waals surface area contributed by atoms with Gasteiger partial charge in [0.1, 0.15) is 6.17 Å². The van der Waals surface area contributed by atoms with Crippen LogP contribution in [0.15, 0.2) is 77.7 Å². The molecule has 1 aliphatic heterocycles. The predicted octanol–water partition coefficient (Wildman–Crippen LogP) is 5.00. The van der Waals surface area contributed by atoms with Crippen molar-refractivity contribution in [2.75, 3.05) is 31.1 Å². The first kappa shape index (κ1) is 24.9. The summed E-state index contributed by atoms with van der Waals surface area (Å²) in [6.45, 7) is 10.4. The number of amides is 1. The average molecular weight is 492 g/mol. The van der Waals surface area contributed by atoms with Crippen LogP contribution in [0, 0.1) is 13.8 Å². The molecule has 1 saturated heterocycles. The fourth-order valence-corrected chi connectivity index (χ4v) is 6.14. The number of hydrogen-bond acceptors (Lipinski definition) is 4. The minimum Gasteiger partial charge on any atom is -0.372 e. The maximum absolute atomic E-state index is 13.7. The highest BCUT2D eigenvalue weighted by atomic mass is 32.2. The van der Waals surface area contributed by atoms with Gasteiger partial charge in [0.2, 0.25) is 10.0 Å². The number of aryl methyl sites for hydroxylation is 2. The Morgan fingerprint density at radius 2 is 1.37 bits per heavy atom. The number of carbonyl (C=O) groups is 1. The molecule has 6 nitrogen and oxygen atoms in total. The Morgan fingerprint density at radius 1 is 0.829 bits per heavy atom. The Hall–Kier alpha value is -3.16. The third-order valence-corrected chi connectivity index (χ3v) is 8.50. The van der Waals surface area contributed by atoms with E-state index < -0.39 is 16.2 Å². The monoisotopic (exact) mass is 491 g/mol. The molecule has 0 spiro atoms. The number of nitrogens with zero attached hydrogens (tertiary/aromatic N) is 3. The van der Waals surface area contributed by atoms with Gasteiger partial charge in [-0.2, -0.15) is 4.31 Å². The molecule has 4 rings (SSSR count). The summed E-state index contributed by atoms with van der Waals surface area (Å²) in [7, 11) is -3.81. The summed E-state index contributed by atoms with van der Waals surface area (Å²) in [4.78, 5) is 17.7. The van der Waals surface area contributed by atoms with Gasteiger partial charge in [-0.3, -0.25) is 4.79 Å². The van der Waals surface area contributed by atoms with Crippen molar-refractivity contribution in [2.24, 2.45) is 0 Å². The summed E-state index contributed by atoms with van der Waals surface area (Å²) in [5, 5.41) is 0. The van der Waals surface area contributed by atoms with Gasteiger partial charge in [-0.25, -0.2) is 8.42 Å². The molecule has 0 aromatic heterocycles. The van der Waals surface area contributed by atoms with E-state index in [2.05, 4.69) is 18.7 Å². The molecular weight excluding hydrogens is 458 g/mol. The minimum atomic E-state index is -3.81. The molecule has 1 amide bonds. The van der Waals surface area contributed by atoms with Crippen molar-refractivity contribution < 1.29 is 13.2 Å². The molecule has 1 aliphatic rings. The maximum Gasteiger partial charge on any atom is 0.255 e. The largest absolute Gasteiger partial charge is 0.372 e. The highest BCUT2D eigenvalue weighted by Crippen LogP contribution is 2.36. The molecule has 1 fully saturated rings. The Bertz CT molecular complexity index is 1270. The number of rotatable bonds is 7. The molecule has 0 bridgehead atoms. The summed E-state index contributed by atoms with van der Waals surface area (Å²) in [6.07, 6.45) is -0.721. The number of hydrogen-bond donors (Lipinski definition) is 0. The average Bonchev–Trinajstić information content (AvgIpc) is 3.32. The van der Waals surface area contributed by atoms with Crippen LogP contribution < -0.4 is 4.90 Å². The summed E-state index contributed by atoms with van der Waals surface area (Å²) in [5.74, 6) is -0.176. The minimum absolute atomic E-state index is 0.176. The quantitative estimate of drug-likeness (QED) is 0.467. The van der Waals surface area contributed by atoms with Gasteiger partial charge in [0, 0.05) is 37.4 Å². The van der Waals surface area contributed by atoms with Crippen LogP contribution in [-0.4, -0.2) is 49.7 Å². The van der Waals surface area contributed by atoms with E-state index in [0.29, 0.717) is 12.1 Å². The fourth-order valence-electron chi connectivity index (χ4n) is 4.57. The van der Waals surface area contributed by atoms with Crippen molar-refractivity contribution in [2.45, 2.75) is 38.8 Å². The lowest BCUT2D eigenvalue weighted by molar-refractivity contribution is 0.0693. The second-order valence-electron chi connectivity index (χ2n) is 8.93. The van der Waals surface area contributed by atoms with Gasteiger partial charge in [-0.05, 0) is 69.7 Å². The summed E-state index contributed by atoms with van der Waals surface area (Å²) in [5.41, 5.74) is 4.45. The molecule has 184 valence electrons. The van der Waals surface area contributed by atoms with E-state index in [0.717, 1.165) is 35.5 Å². The Morgan fingerprint density at radius 3 is 1.91 bits per heavy atom. The number of anilines is 1. The molecule has 0 aliphatic carbocycles. The molecule has 1 heterocycles. The van der Waals surface area contributed by atoms with E-state index in [1.807, 2.05) is 50.2 Å². The molecule has 1 unspecified atom stereocenters. The van der Waals surface area contributed by atoms with Gasteiger partial charge < -0.3 is 9.80 Å². The van der Waals surface area contributed by atoms with E-state index in [1.165, 1.54) is 4.31 Å². The SMILES string of the molecule is CCN(CC)c1ccc(C2N(C(=O)c3ccc(C)cc3)CCN2S(=O)(=O)c2ccc(C)cc2)cc1. The van der Waals surface area contributed by atoms with Crippen LogP contribution in [0.4, 0.5) is 5.69 Å². The molecular formula is C28H33N3O3S. The molecule has 35 heavy (non-hydrogen) atoms. The fraction of sp³-hybridized carbons (Fsp3) is 0.321. The van der Waals surface area contributed by atoms with Crippen LogP contribution in [0.1, 0.15) is 47.1 Å². The van der Waals surface area contributed by atoms with Gasteiger partial charge in [0.05, 0.1) is 4.90 Å². The maximum atomic E-state index is 13.7. The van der Waals surface area contributed by atoms with Crippen molar-refractivity contribution >= 4 is 21.6 Å². The zero-order valence-electron chi connectivity index (χ0n) is 20.8. The zero-order chi connectivity index (χ0) is 25.2. The number of sulfonamides is 1. The van der Waals surface area contributed by atoms with Crippen LogP contribution in [0.2, 0.25) is 0 Å². The van der Waals surface area contributed by atoms with E-state index in [-0.39, 0.29) is 17.3 Å². The van der Waals surface area contributed by atoms with Crippen molar-refractivity contribution in [3.63, 3.8) is 0 Å². The van der Waals surface area contributed by atoms with Gasteiger partial charge in [-0.15, -0.1) is 0 Å². The Kier molecular flexibility index (Phi) is 7.28. The zero-order valence-corrected chi connectivity index (χ0v) is 21.6. The van der Waals surface area contributed by atoms with Crippen LogP contribution in [0.25, 0.3) is 0 Å². The third-order valence-electron chi connectivity index (χ3n) is 6.64. The van der Waals surface area contributed by atoms with Gasteiger partial charge in [-0.1, -0.05) is 47.5 Å². The highest BCUT2D eigenvalue weighted by molar-refractivity contribution is 7.89. The number of benzene rings is 3. The van der Waals surface area contributed by atoms with Crippen LogP contribution in [0.5, 0.6) is 0 Å². The third kappa shape index (κ3) is 4.97. The van der Waals surface area contributed by atoms with Gasteiger partial charge in [0.15, 0.2) is 0 Å². The normalized spacial score (nSPS) is 16.5. The van der Waals surface area contributed by atoms with Gasteiger partial charge in [0.25, 0.3) is 5.91 Å². The number of carbonyl (C=O) groups excluding carboxylic acids is 1. The van der Waals surface area contributed by atoms with Crippen LogP contribution in [-0.2, 0) is 10.0 Å². The predicted molar refractivity (Wildman–Crippen MR) is 140 cm³/mol. The van der Waals surface area contributed by atoms with Crippen LogP contribution >= 0.6 is 0 Å². The second kappa shape index (κ2) is 10.2. The molecule has 7 heteroatoms. The van der Waals surface area contributed by atoms with E-state index in [4.69, 9.17) is 0 Å². The molecule has 3 aromatic rings. The molecule has 3 aromatic carbocycles. The molecule has 1 atom stereocenters. The Balaban J connectivity index is 1.75. The first-order chi connectivity index (χ1) is 16.8. The van der Waals surface area contributed by atoms with E-state index in [9.17, 15) is 13.2 Å². The lowest BCUT2D eigenvalue weighted by Gasteiger charge is -2.31. The van der Waals surface area contributed by atoms with E-state index >= 15 is 0 Å². The lowest BCUT2D eigenvalue weighted by Crippen LogP contribution is -2.38. The lowest BCUT2D eigenvalue weighted by atomic mass is 10.1. The van der Waals surface area contributed by atoms with Crippen molar-refractivity contribution in [1.29, 1.82) is 0 Å². The molecule has 0 radical (unpaired) electrons. The van der Waals surface area contributed by atoms with Crippen LogP contribution in [0.3, 0.4) is 0 Å². The van der Waals surface area contributed by atoms with Crippen molar-refractivity contribution in [1.82, 2.24) is 9.21 Å². The highest BCUT2D eigenvalue weighted by Gasteiger charge is 2.43. The summed E-state index contributed by atoms with van der Waals surface area (Å²) < 4.78 is 28.9. The molecule has 0 N–H and O–H groups in total. The van der Waals surface area contributed by atoms with Crippen molar-refractivity contribution in [3.8, 4) is 0 Å². The van der Waals surface area contributed by atoms with Crippen molar-refractivity contribution in [3.05, 3.63) is 95.1 Å². The molecule has 0 saturated carbocycles. The first-order valence-electron chi connectivity index (χ1n) is 12.1. The smallest absolute Gasteiger partial charge is 0.255 e. The summed E-state index contributed by atoms with van der Waals surface area (Å²) in [6, 6.07) is 22.2.